The maximum absolute atomic E-state index is 12.5. The first kappa shape index (κ1) is 22.0. The van der Waals surface area contributed by atoms with Crippen molar-refractivity contribution in [2.75, 3.05) is 23.7 Å². The number of sulfonamides is 1. The van der Waals surface area contributed by atoms with E-state index in [0.29, 0.717) is 31.6 Å². The summed E-state index contributed by atoms with van der Waals surface area (Å²) < 4.78 is 26.4. The van der Waals surface area contributed by atoms with E-state index in [2.05, 4.69) is 10.6 Å². The van der Waals surface area contributed by atoms with Crippen molar-refractivity contribution < 1.29 is 18.0 Å². The number of carbonyl (C=O) groups excluding carboxylic acids is 2. The average Bonchev–Trinajstić information content (AvgIpc) is 2.73. The van der Waals surface area contributed by atoms with Crippen molar-refractivity contribution in [3.05, 3.63) is 54.1 Å². The molecule has 0 saturated carbocycles. The van der Waals surface area contributed by atoms with Gasteiger partial charge < -0.3 is 10.6 Å². The molecular formula is C22H27N3O4S. The number of anilines is 2. The molecule has 0 bridgehead atoms. The summed E-state index contributed by atoms with van der Waals surface area (Å²) in [7, 11) is -3.53. The molecule has 0 saturated heterocycles. The molecule has 160 valence electrons. The normalized spacial score (nSPS) is 16.1. The molecule has 7 nitrogen and oxygen atoms in total. The molecule has 0 radical (unpaired) electrons. The summed E-state index contributed by atoms with van der Waals surface area (Å²) >= 11 is 0. The third-order valence-corrected chi connectivity index (χ3v) is 7.38. The zero-order valence-corrected chi connectivity index (χ0v) is 18.0. The van der Waals surface area contributed by atoms with Gasteiger partial charge in [0.25, 0.3) is 0 Å². The van der Waals surface area contributed by atoms with Gasteiger partial charge in [0, 0.05) is 36.8 Å². The zero-order chi connectivity index (χ0) is 21.7. The highest BCUT2D eigenvalue weighted by molar-refractivity contribution is 7.89. The molecule has 2 aromatic rings. The Labute approximate surface area is 177 Å². The predicted molar refractivity (Wildman–Crippen MR) is 117 cm³/mol. The van der Waals surface area contributed by atoms with Crippen molar-refractivity contribution in [3.63, 3.8) is 0 Å². The lowest BCUT2D eigenvalue weighted by atomic mass is 9.89. The lowest BCUT2D eigenvalue weighted by molar-refractivity contribution is -0.121. The van der Waals surface area contributed by atoms with Crippen molar-refractivity contribution >= 4 is 33.2 Å². The predicted octanol–water partition coefficient (Wildman–Crippen LogP) is 3.25. The van der Waals surface area contributed by atoms with E-state index in [1.165, 1.54) is 16.4 Å². The molecule has 1 atom stereocenters. The number of hydrogen-bond donors (Lipinski definition) is 2. The number of fused-ring (bicyclic) bond motifs is 1. The molecule has 1 aliphatic heterocycles. The zero-order valence-electron chi connectivity index (χ0n) is 17.2. The fraction of sp³-hybridized carbons (Fsp3) is 0.364. The Morgan fingerprint density at radius 2 is 1.77 bits per heavy atom. The molecule has 8 heteroatoms. The van der Waals surface area contributed by atoms with E-state index >= 15 is 0 Å². The van der Waals surface area contributed by atoms with Gasteiger partial charge in [0.05, 0.1) is 4.90 Å². The quantitative estimate of drug-likeness (QED) is 0.673. The number of para-hydroxylation sites is 1. The lowest BCUT2D eigenvalue weighted by Gasteiger charge is -2.24. The van der Waals surface area contributed by atoms with Crippen LogP contribution in [0.2, 0.25) is 0 Å². The third-order valence-electron chi connectivity index (χ3n) is 5.31. The van der Waals surface area contributed by atoms with Crippen LogP contribution in [-0.2, 0) is 26.0 Å². The summed E-state index contributed by atoms with van der Waals surface area (Å²) in [5.74, 6) is -0.513. The van der Waals surface area contributed by atoms with Gasteiger partial charge in [-0.05, 0) is 48.7 Å². The fourth-order valence-electron chi connectivity index (χ4n) is 3.60. The summed E-state index contributed by atoms with van der Waals surface area (Å²) in [6.07, 6.45) is 1.27. The van der Waals surface area contributed by atoms with Crippen molar-refractivity contribution in [2.24, 2.45) is 5.92 Å². The van der Waals surface area contributed by atoms with E-state index in [9.17, 15) is 18.0 Å². The molecule has 0 aliphatic carbocycles. The van der Waals surface area contributed by atoms with Crippen LogP contribution in [0.5, 0.6) is 0 Å². The SMILES string of the molecule is CCN(CC)S(=O)(=O)c1ccc(NC(=O)CC[C@@H]2Cc3ccccc3NC2=O)cc1. The van der Waals surface area contributed by atoms with E-state index in [1.54, 1.807) is 26.0 Å². The fourth-order valence-corrected chi connectivity index (χ4v) is 5.06. The Bertz CT molecular complexity index is 1010. The summed E-state index contributed by atoms with van der Waals surface area (Å²) in [6.45, 7) is 4.38. The first-order chi connectivity index (χ1) is 14.3. The highest BCUT2D eigenvalue weighted by Crippen LogP contribution is 2.27. The van der Waals surface area contributed by atoms with Gasteiger partial charge in [-0.15, -0.1) is 0 Å². The monoisotopic (exact) mass is 429 g/mol. The Morgan fingerprint density at radius 1 is 1.10 bits per heavy atom. The van der Waals surface area contributed by atoms with Crippen LogP contribution in [0.1, 0.15) is 32.3 Å². The first-order valence-corrected chi connectivity index (χ1v) is 11.6. The van der Waals surface area contributed by atoms with Gasteiger partial charge in [-0.3, -0.25) is 9.59 Å². The van der Waals surface area contributed by atoms with Gasteiger partial charge in [-0.1, -0.05) is 32.0 Å². The van der Waals surface area contributed by atoms with Crippen molar-refractivity contribution in [2.45, 2.75) is 38.0 Å². The minimum absolute atomic E-state index is 0.0625. The Balaban J connectivity index is 1.56. The van der Waals surface area contributed by atoms with Gasteiger partial charge in [0.1, 0.15) is 0 Å². The van der Waals surface area contributed by atoms with Crippen LogP contribution in [0, 0.1) is 5.92 Å². The molecule has 0 fully saturated rings. The molecule has 2 aromatic carbocycles. The van der Waals surface area contributed by atoms with Crippen LogP contribution >= 0.6 is 0 Å². The number of nitrogens with one attached hydrogen (secondary N) is 2. The number of nitrogens with zero attached hydrogens (tertiary/aromatic N) is 1. The van der Waals surface area contributed by atoms with Crippen molar-refractivity contribution in [3.8, 4) is 0 Å². The number of benzene rings is 2. The number of amides is 2. The van der Waals surface area contributed by atoms with Crippen molar-refractivity contribution in [1.82, 2.24) is 4.31 Å². The summed E-state index contributed by atoms with van der Waals surface area (Å²) in [6, 6.07) is 13.8. The van der Waals surface area contributed by atoms with Gasteiger partial charge in [-0.2, -0.15) is 4.31 Å². The van der Waals surface area contributed by atoms with Crippen LogP contribution < -0.4 is 10.6 Å². The second kappa shape index (κ2) is 9.40. The second-order valence-electron chi connectivity index (χ2n) is 7.25. The highest BCUT2D eigenvalue weighted by Gasteiger charge is 2.26. The smallest absolute Gasteiger partial charge is 0.243 e. The number of rotatable bonds is 8. The topological polar surface area (TPSA) is 95.6 Å². The van der Waals surface area contributed by atoms with Crippen LogP contribution in [0.3, 0.4) is 0 Å². The van der Waals surface area contributed by atoms with Gasteiger partial charge in [0.2, 0.25) is 21.8 Å². The third kappa shape index (κ3) is 4.88. The van der Waals surface area contributed by atoms with Gasteiger partial charge in [-0.25, -0.2) is 8.42 Å². The maximum Gasteiger partial charge on any atom is 0.243 e. The van der Waals surface area contributed by atoms with Crippen molar-refractivity contribution in [1.29, 1.82) is 0 Å². The average molecular weight is 430 g/mol. The number of carbonyl (C=O) groups is 2. The van der Waals surface area contributed by atoms with Gasteiger partial charge in [0.15, 0.2) is 0 Å². The minimum atomic E-state index is -3.53. The van der Waals surface area contributed by atoms with Gasteiger partial charge >= 0.3 is 0 Å². The minimum Gasteiger partial charge on any atom is -0.326 e. The van der Waals surface area contributed by atoms with Crippen LogP contribution in [0.15, 0.2) is 53.4 Å². The van der Waals surface area contributed by atoms with E-state index in [-0.39, 0.29) is 29.0 Å². The van der Waals surface area contributed by atoms with Crippen LogP contribution in [0.25, 0.3) is 0 Å². The largest absolute Gasteiger partial charge is 0.326 e. The molecule has 2 N–H and O–H groups in total. The Kier molecular flexibility index (Phi) is 6.89. The second-order valence-corrected chi connectivity index (χ2v) is 9.19. The lowest BCUT2D eigenvalue weighted by Crippen LogP contribution is -2.30. The first-order valence-electron chi connectivity index (χ1n) is 10.1. The molecule has 0 aromatic heterocycles. The van der Waals surface area contributed by atoms with E-state index in [4.69, 9.17) is 0 Å². The Morgan fingerprint density at radius 3 is 2.43 bits per heavy atom. The van der Waals surface area contributed by atoms with Crippen LogP contribution in [0.4, 0.5) is 11.4 Å². The van der Waals surface area contributed by atoms with E-state index in [0.717, 1.165) is 11.3 Å². The molecular weight excluding hydrogens is 402 g/mol. The van der Waals surface area contributed by atoms with Crippen LogP contribution in [-0.4, -0.2) is 37.6 Å². The van der Waals surface area contributed by atoms with E-state index < -0.39 is 10.0 Å². The maximum atomic E-state index is 12.5. The molecule has 1 aliphatic rings. The molecule has 0 spiro atoms. The van der Waals surface area contributed by atoms with E-state index in [1.807, 2.05) is 24.3 Å². The number of hydrogen-bond acceptors (Lipinski definition) is 4. The Hall–Kier alpha value is -2.71. The summed E-state index contributed by atoms with van der Waals surface area (Å²) in [4.78, 5) is 24.8. The highest BCUT2D eigenvalue weighted by atomic mass is 32.2. The summed E-state index contributed by atoms with van der Waals surface area (Å²) in [5, 5.41) is 5.66. The molecule has 1 heterocycles. The molecule has 3 rings (SSSR count). The molecule has 2 amide bonds. The molecule has 30 heavy (non-hydrogen) atoms. The molecule has 0 unspecified atom stereocenters. The summed E-state index contributed by atoms with van der Waals surface area (Å²) in [5.41, 5.74) is 2.44. The standard InChI is InChI=1S/C22H27N3O4S/c1-3-25(4-2)30(28,29)19-12-10-18(11-13-19)23-21(26)14-9-17-15-16-7-5-6-8-20(16)24-22(17)27/h5-8,10-13,17H,3-4,9,14-15H2,1-2H3,(H,23,26)(H,24,27)/t17-/m1/s1.